The van der Waals surface area contributed by atoms with E-state index in [1.54, 1.807) is 20.1 Å². The van der Waals surface area contributed by atoms with E-state index >= 15 is 0 Å². The lowest BCUT2D eigenvalue weighted by Gasteiger charge is -2.17. The van der Waals surface area contributed by atoms with Crippen molar-refractivity contribution in [3.05, 3.63) is 68.7 Å². The number of amides is 1. The van der Waals surface area contributed by atoms with Crippen LogP contribution in [0.1, 0.15) is 28.9 Å². The molecule has 0 aliphatic rings. The number of hydrogen-bond donors (Lipinski definition) is 1. The van der Waals surface area contributed by atoms with Gasteiger partial charge in [-0.25, -0.2) is 0 Å². The monoisotopic (exact) mass is 334 g/mol. The maximum atomic E-state index is 12.4. The van der Waals surface area contributed by atoms with Crippen LogP contribution < -0.4 is 10.1 Å². The zero-order valence-corrected chi connectivity index (χ0v) is 13.3. The average Bonchev–Trinajstić information content (AvgIpc) is 2.54. The number of non-ortho nitro benzene ring substituents is 1. The highest BCUT2D eigenvalue weighted by Crippen LogP contribution is 2.26. The fourth-order valence-corrected chi connectivity index (χ4v) is 2.38. The summed E-state index contributed by atoms with van der Waals surface area (Å²) < 4.78 is 5.26. The Labute approximate surface area is 138 Å². The van der Waals surface area contributed by atoms with Gasteiger partial charge in [-0.1, -0.05) is 29.8 Å². The number of carbonyl (C=O) groups is 1. The summed E-state index contributed by atoms with van der Waals surface area (Å²) in [4.78, 5) is 22.6. The molecule has 0 radical (unpaired) electrons. The van der Waals surface area contributed by atoms with Crippen molar-refractivity contribution in [2.75, 3.05) is 7.11 Å². The number of rotatable bonds is 5. The predicted octanol–water partition coefficient (Wildman–Crippen LogP) is 3.75. The van der Waals surface area contributed by atoms with E-state index in [1.807, 2.05) is 18.2 Å². The number of nitrogens with one attached hydrogen (secondary N) is 1. The summed E-state index contributed by atoms with van der Waals surface area (Å²) >= 11 is 5.98. The first-order chi connectivity index (χ1) is 10.9. The molecule has 0 unspecified atom stereocenters. The molecule has 2 aromatic rings. The van der Waals surface area contributed by atoms with Gasteiger partial charge in [-0.15, -0.1) is 0 Å². The van der Waals surface area contributed by atoms with Gasteiger partial charge in [0.15, 0.2) is 0 Å². The standard InChI is InChI=1S/C16H15ClN2O4/c1-10(12-5-3-4-6-15(12)23-2)18-16(20)13-9-11(19(21)22)7-8-14(13)17/h3-10H,1-2H3,(H,18,20)/t10-/m1/s1. The highest BCUT2D eigenvalue weighted by Gasteiger charge is 2.19. The van der Waals surface area contributed by atoms with Crippen LogP contribution in [0, 0.1) is 10.1 Å². The van der Waals surface area contributed by atoms with Crippen molar-refractivity contribution >= 4 is 23.2 Å². The molecule has 120 valence electrons. The fraction of sp³-hybridized carbons (Fsp3) is 0.188. The van der Waals surface area contributed by atoms with Gasteiger partial charge in [0.05, 0.1) is 28.7 Å². The minimum atomic E-state index is -0.573. The van der Waals surface area contributed by atoms with Gasteiger partial charge in [-0.2, -0.15) is 0 Å². The summed E-state index contributed by atoms with van der Waals surface area (Å²) in [6.07, 6.45) is 0. The number of ether oxygens (including phenoxy) is 1. The third kappa shape index (κ3) is 3.78. The smallest absolute Gasteiger partial charge is 0.270 e. The lowest BCUT2D eigenvalue weighted by atomic mass is 10.1. The van der Waals surface area contributed by atoms with Crippen LogP contribution in [0.4, 0.5) is 5.69 Å². The molecule has 0 spiro atoms. The van der Waals surface area contributed by atoms with E-state index in [9.17, 15) is 14.9 Å². The number of methoxy groups -OCH3 is 1. The van der Waals surface area contributed by atoms with Gasteiger partial charge in [0.25, 0.3) is 11.6 Å². The summed E-state index contributed by atoms with van der Waals surface area (Å²) in [7, 11) is 1.55. The molecular weight excluding hydrogens is 320 g/mol. The molecule has 1 N–H and O–H groups in total. The number of nitro benzene ring substituents is 1. The second kappa shape index (κ2) is 7.11. The van der Waals surface area contributed by atoms with Crippen molar-refractivity contribution in [1.82, 2.24) is 5.32 Å². The number of nitrogens with zero attached hydrogens (tertiary/aromatic N) is 1. The summed E-state index contributed by atoms with van der Waals surface area (Å²) in [5.74, 6) is 0.155. The minimum Gasteiger partial charge on any atom is -0.496 e. The molecule has 0 bridgehead atoms. The van der Waals surface area contributed by atoms with Gasteiger partial charge >= 0.3 is 0 Å². The Bertz CT molecular complexity index is 749. The van der Waals surface area contributed by atoms with E-state index in [2.05, 4.69) is 5.32 Å². The highest BCUT2D eigenvalue weighted by atomic mass is 35.5. The molecule has 2 aromatic carbocycles. The van der Waals surface area contributed by atoms with E-state index in [1.165, 1.54) is 12.1 Å². The molecule has 0 aliphatic heterocycles. The van der Waals surface area contributed by atoms with Crippen molar-refractivity contribution in [3.63, 3.8) is 0 Å². The second-order valence-corrected chi connectivity index (χ2v) is 5.27. The van der Waals surface area contributed by atoms with Crippen LogP contribution in [0.25, 0.3) is 0 Å². The number of carbonyl (C=O) groups excluding carboxylic acids is 1. The molecule has 6 nitrogen and oxygen atoms in total. The second-order valence-electron chi connectivity index (χ2n) is 4.86. The Morgan fingerprint density at radius 1 is 1.30 bits per heavy atom. The molecule has 23 heavy (non-hydrogen) atoms. The van der Waals surface area contributed by atoms with E-state index in [0.29, 0.717) is 5.75 Å². The lowest BCUT2D eigenvalue weighted by molar-refractivity contribution is -0.384. The topological polar surface area (TPSA) is 81.5 Å². The maximum absolute atomic E-state index is 12.4. The lowest BCUT2D eigenvalue weighted by Crippen LogP contribution is -2.27. The van der Waals surface area contributed by atoms with Crippen LogP contribution in [-0.2, 0) is 0 Å². The molecule has 0 heterocycles. The molecule has 7 heteroatoms. The van der Waals surface area contributed by atoms with Gasteiger partial charge in [-0.05, 0) is 19.1 Å². The van der Waals surface area contributed by atoms with Gasteiger partial charge in [-0.3, -0.25) is 14.9 Å². The molecular formula is C16H15ClN2O4. The molecule has 0 aliphatic carbocycles. The number of nitro groups is 1. The molecule has 0 aromatic heterocycles. The normalized spacial score (nSPS) is 11.6. The quantitative estimate of drug-likeness (QED) is 0.667. The van der Waals surface area contributed by atoms with Crippen molar-refractivity contribution in [3.8, 4) is 5.75 Å². The first-order valence-electron chi connectivity index (χ1n) is 6.81. The zero-order chi connectivity index (χ0) is 17.0. The van der Waals surface area contributed by atoms with E-state index < -0.39 is 10.8 Å². The Balaban J connectivity index is 2.25. The molecule has 1 atom stereocenters. The summed E-state index contributed by atoms with van der Waals surface area (Å²) in [5.41, 5.74) is 0.664. The van der Waals surface area contributed by atoms with Crippen LogP contribution >= 0.6 is 11.6 Å². The largest absolute Gasteiger partial charge is 0.496 e. The maximum Gasteiger partial charge on any atom is 0.270 e. The van der Waals surface area contributed by atoms with Crippen molar-refractivity contribution in [2.24, 2.45) is 0 Å². The van der Waals surface area contributed by atoms with E-state index in [4.69, 9.17) is 16.3 Å². The summed E-state index contributed by atoms with van der Waals surface area (Å²) in [6.45, 7) is 1.79. The van der Waals surface area contributed by atoms with Gasteiger partial charge in [0.1, 0.15) is 5.75 Å². The van der Waals surface area contributed by atoms with Crippen LogP contribution in [0.2, 0.25) is 5.02 Å². The minimum absolute atomic E-state index is 0.0580. The van der Waals surface area contributed by atoms with Gasteiger partial charge in [0, 0.05) is 17.7 Å². The highest BCUT2D eigenvalue weighted by molar-refractivity contribution is 6.33. The SMILES string of the molecule is COc1ccccc1[C@@H](C)NC(=O)c1cc([N+](=O)[O-])ccc1Cl. The molecule has 0 saturated carbocycles. The molecule has 1 amide bonds. The van der Waals surface area contributed by atoms with E-state index in [-0.39, 0.29) is 22.3 Å². The third-order valence-corrected chi connectivity index (χ3v) is 3.69. The fourth-order valence-electron chi connectivity index (χ4n) is 2.18. The average molecular weight is 335 g/mol. The number of benzene rings is 2. The van der Waals surface area contributed by atoms with Crippen LogP contribution in [0.5, 0.6) is 5.75 Å². The van der Waals surface area contributed by atoms with Crippen molar-refractivity contribution in [1.29, 1.82) is 0 Å². The Hall–Kier alpha value is -2.60. The van der Waals surface area contributed by atoms with Crippen LogP contribution in [0.15, 0.2) is 42.5 Å². The van der Waals surface area contributed by atoms with E-state index in [0.717, 1.165) is 11.6 Å². The first kappa shape index (κ1) is 16.8. The van der Waals surface area contributed by atoms with Crippen LogP contribution in [-0.4, -0.2) is 17.9 Å². The third-order valence-electron chi connectivity index (χ3n) is 3.36. The Morgan fingerprint density at radius 3 is 2.65 bits per heavy atom. The predicted molar refractivity (Wildman–Crippen MR) is 87.0 cm³/mol. The summed E-state index contributed by atoms with van der Waals surface area (Å²) in [6, 6.07) is 10.7. The van der Waals surface area contributed by atoms with Crippen molar-refractivity contribution < 1.29 is 14.5 Å². The van der Waals surface area contributed by atoms with Crippen molar-refractivity contribution in [2.45, 2.75) is 13.0 Å². The number of para-hydroxylation sites is 1. The Kier molecular flexibility index (Phi) is 5.18. The van der Waals surface area contributed by atoms with Crippen LogP contribution in [0.3, 0.4) is 0 Å². The molecule has 0 saturated heterocycles. The van der Waals surface area contributed by atoms with Gasteiger partial charge < -0.3 is 10.1 Å². The first-order valence-corrected chi connectivity index (χ1v) is 7.19. The summed E-state index contributed by atoms with van der Waals surface area (Å²) in [5, 5.41) is 13.7. The Morgan fingerprint density at radius 2 is 2.00 bits per heavy atom. The number of halogens is 1. The zero-order valence-electron chi connectivity index (χ0n) is 12.6. The number of hydrogen-bond acceptors (Lipinski definition) is 4. The van der Waals surface area contributed by atoms with Gasteiger partial charge in [0.2, 0.25) is 0 Å². The molecule has 0 fully saturated rings. The molecule has 2 rings (SSSR count).